The van der Waals surface area contributed by atoms with Crippen molar-refractivity contribution in [2.75, 3.05) is 6.61 Å². The Bertz CT molecular complexity index is 379. The molecule has 0 amide bonds. The van der Waals surface area contributed by atoms with Crippen LogP contribution in [0, 0.1) is 17.8 Å². The molecule has 1 saturated carbocycles. The molecular formula is C13H16O3. The molecule has 0 spiro atoms. The minimum Gasteiger partial charge on any atom is -0.466 e. The molecule has 0 aromatic carbocycles. The summed E-state index contributed by atoms with van der Waals surface area (Å²) in [5.41, 5.74) is 0.855. The zero-order valence-electron chi connectivity index (χ0n) is 9.60. The third-order valence-corrected chi connectivity index (χ3v) is 3.27. The van der Waals surface area contributed by atoms with Gasteiger partial charge in [0.05, 0.1) is 12.5 Å². The summed E-state index contributed by atoms with van der Waals surface area (Å²) in [6, 6.07) is 0. The van der Waals surface area contributed by atoms with Crippen LogP contribution in [0.1, 0.15) is 20.3 Å². The van der Waals surface area contributed by atoms with E-state index in [1.165, 1.54) is 0 Å². The molecule has 2 rings (SSSR count). The summed E-state index contributed by atoms with van der Waals surface area (Å²) in [7, 11) is 0. The molecule has 3 atom stereocenters. The largest absolute Gasteiger partial charge is 0.466 e. The Kier molecular flexibility index (Phi) is 2.95. The van der Waals surface area contributed by atoms with Crippen LogP contribution in [0.5, 0.6) is 0 Å². The molecule has 0 N–H and O–H groups in total. The maximum Gasteiger partial charge on any atom is 0.309 e. The molecular weight excluding hydrogens is 204 g/mol. The highest BCUT2D eigenvalue weighted by atomic mass is 16.5. The van der Waals surface area contributed by atoms with E-state index in [1.807, 2.05) is 19.9 Å². The number of esters is 1. The fourth-order valence-electron chi connectivity index (χ4n) is 2.46. The number of ketones is 1. The van der Waals surface area contributed by atoms with Crippen LogP contribution in [0.15, 0.2) is 23.8 Å². The van der Waals surface area contributed by atoms with Crippen molar-refractivity contribution in [1.29, 1.82) is 0 Å². The van der Waals surface area contributed by atoms with Crippen molar-refractivity contribution < 1.29 is 14.3 Å². The van der Waals surface area contributed by atoms with Gasteiger partial charge in [-0.1, -0.05) is 12.2 Å². The number of rotatable bonds is 4. The van der Waals surface area contributed by atoms with Gasteiger partial charge < -0.3 is 4.74 Å². The van der Waals surface area contributed by atoms with E-state index < -0.39 is 0 Å². The number of hydrogen-bond acceptors (Lipinski definition) is 3. The van der Waals surface area contributed by atoms with Gasteiger partial charge >= 0.3 is 5.97 Å². The van der Waals surface area contributed by atoms with Gasteiger partial charge in [0.25, 0.3) is 0 Å². The van der Waals surface area contributed by atoms with E-state index in [-0.39, 0.29) is 23.6 Å². The van der Waals surface area contributed by atoms with Gasteiger partial charge in [0.2, 0.25) is 0 Å². The summed E-state index contributed by atoms with van der Waals surface area (Å²) in [6.07, 6.45) is 6.01. The Balaban J connectivity index is 1.95. The number of hydrogen-bond donors (Lipinski definition) is 0. The fourth-order valence-corrected chi connectivity index (χ4v) is 2.46. The Morgan fingerprint density at radius 2 is 2.31 bits per heavy atom. The molecule has 0 saturated heterocycles. The second-order valence-corrected chi connectivity index (χ2v) is 4.28. The van der Waals surface area contributed by atoms with Gasteiger partial charge in [-0.25, -0.2) is 0 Å². The Labute approximate surface area is 95.2 Å². The average molecular weight is 220 g/mol. The molecule has 0 aromatic rings. The number of allylic oxidation sites excluding steroid dienone is 4. The van der Waals surface area contributed by atoms with Gasteiger partial charge in [0.15, 0.2) is 5.78 Å². The molecule has 0 radical (unpaired) electrons. The second-order valence-electron chi connectivity index (χ2n) is 4.28. The van der Waals surface area contributed by atoms with Crippen LogP contribution < -0.4 is 0 Å². The highest BCUT2D eigenvalue weighted by Gasteiger charge is 2.57. The first-order valence-electron chi connectivity index (χ1n) is 5.73. The highest BCUT2D eigenvalue weighted by Crippen LogP contribution is 2.56. The number of ether oxygens (including phenoxy) is 1. The average Bonchev–Trinajstić information content (AvgIpc) is 2.75. The lowest BCUT2D eigenvalue weighted by Crippen LogP contribution is -2.10. The van der Waals surface area contributed by atoms with Crippen LogP contribution in [0.2, 0.25) is 0 Å². The monoisotopic (exact) mass is 220 g/mol. The molecule has 1 fully saturated rings. The first kappa shape index (κ1) is 11.1. The minimum absolute atomic E-state index is 0.0158. The van der Waals surface area contributed by atoms with Gasteiger partial charge in [0, 0.05) is 0 Å². The van der Waals surface area contributed by atoms with Crippen molar-refractivity contribution in [3.05, 3.63) is 23.8 Å². The van der Waals surface area contributed by atoms with E-state index in [4.69, 9.17) is 4.74 Å². The van der Waals surface area contributed by atoms with E-state index in [0.717, 1.165) is 12.0 Å². The zero-order valence-corrected chi connectivity index (χ0v) is 9.60. The second kappa shape index (κ2) is 4.24. The van der Waals surface area contributed by atoms with E-state index in [9.17, 15) is 9.59 Å². The summed E-state index contributed by atoms with van der Waals surface area (Å²) in [6.45, 7) is 4.07. The maximum atomic E-state index is 11.5. The van der Waals surface area contributed by atoms with E-state index in [2.05, 4.69) is 0 Å². The molecule has 3 nitrogen and oxygen atoms in total. The van der Waals surface area contributed by atoms with Gasteiger partial charge in [0.1, 0.15) is 0 Å². The van der Waals surface area contributed by atoms with Gasteiger partial charge in [-0.15, -0.1) is 0 Å². The number of carbonyl (C=O) groups is 2. The van der Waals surface area contributed by atoms with Crippen LogP contribution in [0.3, 0.4) is 0 Å². The quantitative estimate of drug-likeness (QED) is 0.536. The molecule has 0 heterocycles. The lowest BCUT2D eigenvalue weighted by molar-refractivity contribution is -0.145. The highest BCUT2D eigenvalue weighted by molar-refractivity contribution is 6.04. The van der Waals surface area contributed by atoms with Crippen LogP contribution >= 0.6 is 0 Å². The van der Waals surface area contributed by atoms with Crippen molar-refractivity contribution >= 4 is 11.8 Å². The zero-order chi connectivity index (χ0) is 11.7. The molecule has 2 aliphatic rings. The van der Waals surface area contributed by atoms with Crippen LogP contribution in [-0.4, -0.2) is 18.4 Å². The third-order valence-electron chi connectivity index (χ3n) is 3.27. The van der Waals surface area contributed by atoms with Crippen molar-refractivity contribution in [3.8, 4) is 0 Å². The van der Waals surface area contributed by atoms with Crippen molar-refractivity contribution in [3.63, 3.8) is 0 Å². The first-order chi connectivity index (χ1) is 7.69. The molecule has 2 aliphatic carbocycles. The minimum atomic E-state index is -0.105. The summed E-state index contributed by atoms with van der Waals surface area (Å²) in [5.74, 6) is 0.567. The molecule has 16 heavy (non-hydrogen) atoms. The summed E-state index contributed by atoms with van der Waals surface area (Å²) < 4.78 is 4.98. The molecule has 3 unspecified atom stereocenters. The Morgan fingerprint density at radius 3 is 2.81 bits per heavy atom. The first-order valence-corrected chi connectivity index (χ1v) is 5.73. The third kappa shape index (κ3) is 1.82. The van der Waals surface area contributed by atoms with Crippen LogP contribution in [0.25, 0.3) is 0 Å². The van der Waals surface area contributed by atoms with E-state index in [1.54, 1.807) is 12.2 Å². The number of fused-ring (bicyclic) bond motifs is 1. The normalized spacial score (nSPS) is 31.1. The Morgan fingerprint density at radius 1 is 1.56 bits per heavy atom. The van der Waals surface area contributed by atoms with E-state index >= 15 is 0 Å². The smallest absolute Gasteiger partial charge is 0.309 e. The van der Waals surface area contributed by atoms with Gasteiger partial charge in [-0.05, 0) is 43.8 Å². The van der Waals surface area contributed by atoms with E-state index in [0.29, 0.717) is 12.5 Å². The van der Waals surface area contributed by atoms with Gasteiger partial charge in [-0.2, -0.15) is 0 Å². The summed E-state index contributed by atoms with van der Waals surface area (Å²) >= 11 is 0. The standard InChI is InChI=1S/C13H16O3/c1-3-5-11(14)8-6-9-10(7-8)12(9)13(15)16-4-2/h3,5-6,9-10,12H,4,7H2,1-2H3/b5-3-. The van der Waals surface area contributed by atoms with Crippen molar-refractivity contribution in [1.82, 2.24) is 0 Å². The fraction of sp³-hybridized carbons (Fsp3) is 0.538. The van der Waals surface area contributed by atoms with Gasteiger partial charge in [-0.3, -0.25) is 9.59 Å². The SMILES string of the molecule is C/C=C\C(=O)C1=CC2C(C1)C2C(=O)OCC. The van der Waals surface area contributed by atoms with Crippen molar-refractivity contribution in [2.24, 2.45) is 17.8 Å². The predicted octanol–water partition coefficient (Wildman–Crippen LogP) is 1.89. The Hall–Kier alpha value is -1.38. The summed E-state index contributed by atoms with van der Waals surface area (Å²) in [4.78, 5) is 23.0. The molecule has 0 aromatic heterocycles. The molecule has 0 bridgehead atoms. The predicted molar refractivity (Wildman–Crippen MR) is 59.6 cm³/mol. The molecule has 3 heteroatoms. The maximum absolute atomic E-state index is 11.5. The van der Waals surface area contributed by atoms with Crippen LogP contribution in [-0.2, 0) is 14.3 Å². The summed E-state index contributed by atoms with van der Waals surface area (Å²) in [5, 5.41) is 0. The topological polar surface area (TPSA) is 43.4 Å². The molecule has 0 aliphatic heterocycles. The number of carbonyl (C=O) groups excluding carboxylic acids is 2. The lowest BCUT2D eigenvalue weighted by atomic mass is 10.0. The molecule has 86 valence electrons. The lowest BCUT2D eigenvalue weighted by Gasteiger charge is -2.03. The van der Waals surface area contributed by atoms with Crippen LogP contribution in [0.4, 0.5) is 0 Å². The van der Waals surface area contributed by atoms with Crippen molar-refractivity contribution in [2.45, 2.75) is 20.3 Å².